The van der Waals surface area contributed by atoms with Crippen LogP contribution in [-0.2, 0) is 19.4 Å². The summed E-state index contributed by atoms with van der Waals surface area (Å²) in [4.78, 5) is 14.7. The zero-order chi connectivity index (χ0) is 18.1. The van der Waals surface area contributed by atoms with Gasteiger partial charge in [0.1, 0.15) is 11.6 Å². The largest absolute Gasteiger partial charge is 0.353 e. The highest BCUT2D eigenvalue weighted by molar-refractivity contribution is 5.51. The van der Waals surface area contributed by atoms with Crippen molar-refractivity contribution in [3.63, 3.8) is 0 Å². The Kier molecular flexibility index (Phi) is 4.70. The maximum atomic E-state index is 4.88. The van der Waals surface area contributed by atoms with Crippen LogP contribution in [0, 0.1) is 6.92 Å². The number of aromatic nitrogens is 2. The maximum absolute atomic E-state index is 4.88. The molecule has 2 aromatic rings. The van der Waals surface area contributed by atoms with E-state index in [1.807, 2.05) is 6.92 Å². The molecule has 0 N–H and O–H groups in total. The number of benzene rings is 1. The van der Waals surface area contributed by atoms with Gasteiger partial charge in [-0.05, 0) is 52.0 Å². The van der Waals surface area contributed by atoms with Gasteiger partial charge < -0.3 is 4.90 Å². The zero-order valence-electron chi connectivity index (χ0n) is 16.3. The van der Waals surface area contributed by atoms with E-state index in [2.05, 4.69) is 54.0 Å². The first-order chi connectivity index (χ1) is 12.5. The normalized spacial score (nSPS) is 20.0. The summed E-state index contributed by atoms with van der Waals surface area (Å²) < 4.78 is 0. The van der Waals surface area contributed by atoms with E-state index in [9.17, 15) is 0 Å². The first-order valence-electron chi connectivity index (χ1n) is 9.93. The molecule has 1 fully saturated rings. The molecular formula is C22H30N4. The molecule has 1 aliphatic carbocycles. The van der Waals surface area contributed by atoms with Crippen molar-refractivity contribution in [1.29, 1.82) is 0 Å². The van der Waals surface area contributed by atoms with Gasteiger partial charge in [0.25, 0.3) is 0 Å². The summed E-state index contributed by atoms with van der Waals surface area (Å²) in [7, 11) is 0. The van der Waals surface area contributed by atoms with Gasteiger partial charge in [0.05, 0.1) is 0 Å². The minimum atomic E-state index is 0.120. The van der Waals surface area contributed by atoms with Crippen LogP contribution < -0.4 is 4.90 Å². The summed E-state index contributed by atoms with van der Waals surface area (Å²) in [6.07, 6.45) is 4.78. The van der Waals surface area contributed by atoms with Crippen molar-refractivity contribution in [1.82, 2.24) is 14.9 Å². The molecule has 0 amide bonds. The Hall–Kier alpha value is -1.94. The number of hydrogen-bond donors (Lipinski definition) is 0. The van der Waals surface area contributed by atoms with E-state index in [4.69, 9.17) is 9.97 Å². The van der Waals surface area contributed by atoms with Crippen molar-refractivity contribution in [3.8, 4) is 0 Å². The lowest BCUT2D eigenvalue weighted by Gasteiger charge is -2.48. The summed E-state index contributed by atoms with van der Waals surface area (Å²) >= 11 is 0. The van der Waals surface area contributed by atoms with Gasteiger partial charge in [-0.1, -0.05) is 30.3 Å². The minimum absolute atomic E-state index is 0.120. The molecule has 0 bridgehead atoms. The molecule has 4 rings (SSSR count). The van der Waals surface area contributed by atoms with Crippen LogP contribution in [0.15, 0.2) is 30.3 Å². The SMILES string of the molecule is Cc1nc2c(c(N3CCN(Cc4ccccc4)C(C)(C)C3)n1)CCCC2. The second-order valence-corrected chi connectivity index (χ2v) is 8.37. The van der Waals surface area contributed by atoms with Crippen LogP contribution in [-0.4, -0.2) is 40.0 Å². The Bertz CT molecular complexity index is 769. The molecule has 0 radical (unpaired) electrons. The lowest BCUT2D eigenvalue weighted by Crippen LogP contribution is -2.59. The molecule has 1 saturated heterocycles. The second kappa shape index (κ2) is 6.99. The Labute approximate surface area is 157 Å². The lowest BCUT2D eigenvalue weighted by molar-refractivity contribution is 0.0958. The smallest absolute Gasteiger partial charge is 0.135 e. The van der Waals surface area contributed by atoms with Crippen LogP contribution >= 0.6 is 0 Å². The van der Waals surface area contributed by atoms with Crippen LogP contribution in [0.25, 0.3) is 0 Å². The number of hydrogen-bond acceptors (Lipinski definition) is 4. The number of anilines is 1. The predicted molar refractivity (Wildman–Crippen MR) is 107 cm³/mol. The second-order valence-electron chi connectivity index (χ2n) is 8.37. The first-order valence-corrected chi connectivity index (χ1v) is 9.93. The summed E-state index contributed by atoms with van der Waals surface area (Å²) in [6, 6.07) is 10.8. The molecule has 2 aliphatic rings. The fraction of sp³-hybridized carbons (Fsp3) is 0.545. The van der Waals surface area contributed by atoms with Crippen molar-refractivity contribution in [2.24, 2.45) is 0 Å². The average Bonchev–Trinajstić information content (AvgIpc) is 2.63. The third kappa shape index (κ3) is 3.48. The Morgan fingerprint density at radius 2 is 1.77 bits per heavy atom. The van der Waals surface area contributed by atoms with E-state index in [-0.39, 0.29) is 5.54 Å². The highest BCUT2D eigenvalue weighted by Gasteiger charge is 2.35. The Balaban J connectivity index is 1.56. The number of fused-ring (bicyclic) bond motifs is 1. The van der Waals surface area contributed by atoms with Crippen molar-refractivity contribution >= 4 is 5.82 Å². The molecule has 0 saturated carbocycles. The molecule has 0 atom stereocenters. The van der Waals surface area contributed by atoms with E-state index in [0.717, 1.165) is 44.8 Å². The topological polar surface area (TPSA) is 32.3 Å². The molecule has 1 aromatic heterocycles. The average molecular weight is 351 g/mol. The quantitative estimate of drug-likeness (QED) is 0.844. The van der Waals surface area contributed by atoms with Crippen LogP contribution in [0.3, 0.4) is 0 Å². The third-order valence-corrected chi connectivity index (χ3v) is 5.86. The van der Waals surface area contributed by atoms with Crippen molar-refractivity contribution in [2.45, 2.75) is 58.5 Å². The zero-order valence-corrected chi connectivity index (χ0v) is 16.3. The van der Waals surface area contributed by atoms with E-state index in [1.54, 1.807) is 0 Å². The first kappa shape index (κ1) is 17.5. The molecule has 0 spiro atoms. The van der Waals surface area contributed by atoms with Gasteiger partial charge in [0, 0.05) is 43.0 Å². The maximum Gasteiger partial charge on any atom is 0.135 e. The van der Waals surface area contributed by atoms with Gasteiger partial charge in [-0.15, -0.1) is 0 Å². The Morgan fingerprint density at radius 1 is 1.00 bits per heavy atom. The van der Waals surface area contributed by atoms with E-state index < -0.39 is 0 Å². The minimum Gasteiger partial charge on any atom is -0.353 e. The summed E-state index contributed by atoms with van der Waals surface area (Å²) in [6.45, 7) is 10.9. The predicted octanol–water partition coefficient (Wildman–Crippen LogP) is 3.76. The summed E-state index contributed by atoms with van der Waals surface area (Å²) in [5, 5.41) is 0. The molecule has 1 aliphatic heterocycles. The van der Waals surface area contributed by atoms with Crippen LogP contribution in [0.1, 0.15) is 49.3 Å². The van der Waals surface area contributed by atoms with Gasteiger partial charge in [0.15, 0.2) is 0 Å². The molecule has 2 heterocycles. The molecule has 0 unspecified atom stereocenters. The number of rotatable bonds is 3. The standard InChI is InChI=1S/C22H30N4/c1-17-23-20-12-8-7-11-19(20)21(24-17)25-13-14-26(22(2,3)16-25)15-18-9-5-4-6-10-18/h4-6,9-10H,7-8,11-16H2,1-3H3. The van der Waals surface area contributed by atoms with E-state index in [0.29, 0.717) is 0 Å². The van der Waals surface area contributed by atoms with Crippen molar-refractivity contribution in [2.75, 3.05) is 24.5 Å². The fourth-order valence-electron chi connectivity index (χ4n) is 4.42. The fourth-order valence-corrected chi connectivity index (χ4v) is 4.42. The van der Waals surface area contributed by atoms with Gasteiger partial charge in [-0.3, -0.25) is 4.90 Å². The molecular weight excluding hydrogens is 320 g/mol. The lowest BCUT2D eigenvalue weighted by atomic mass is 9.94. The van der Waals surface area contributed by atoms with Crippen LogP contribution in [0.4, 0.5) is 5.82 Å². The van der Waals surface area contributed by atoms with Crippen LogP contribution in [0.5, 0.6) is 0 Å². The monoisotopic (exact) mass is 350 g/mol. The summed E-state index contributed by atoms with van der Waals surface area (Å²) in [5.41, 5.74) is 4.22. The van der Waals surface area contributed by atoms with Crippen molar-refractivity contribution < 1.29 is 0 Å². The van der Waals surface area contributed by atoms with Crippen LogP contribution in [0.2, 0.25) is 0 Å². The molecule has 1 aromatic carbocycles. The molecule has 4 heteroatoms. The van der Waals surface area contributed by atoms with Gasteiger partial charge in [-0.2, -0.15) is 0 Å². The highest BCUT2D eigenvalue weighted by Crippen LogP contribution is 2.32. The number of nitrogens with zero attached hydrogens (tertiary/aromatic N) is 4. The third-order valence-electron chi connectivity index (χ3n) is 5.86. The molecule has 4 nitrogen and oxygen atoms in total. The van der Waals surface area contributed by atoms with Crippen molar-refractivity contribution in [3.05, 3.63) is 53.0 Å². The van der Waals surface area contributed by atoms with Gasteiger partial charge in [-0.25, -0.2) is 9.97 Å². The van der Waals surface area contributed by atoms with E-state index in [1.165, 1.54) is 35.5 Å². The Morgan fingerprint density at radius 3 is 2.54 bits per heavy atom. The number of aryl methyl sites for hydroxylation is 2. The highest BCUT2D eigenvalue weighted by atomic mass is 15.3. The molecule has 138 valence electrons. The van der Waals surface area contributed by atoms with Gasteiger partial charge in [0.2, 0.25) is 0 Å². The molecule has 26 heavy (non-hydrogen) atoms. The summed E-state index contributed by atoms with van der Waals surface area (Å²) in [5.74, 6) is 2.13. The van der Waals surface area contributed by atoms with E-state index >= 15 is 0 Å². The number of piperazine rings is 1. The van der Waals surface area contributed by atoms with Gasteiger partial charge >= 0.3 is 0 Å².